The van der Waals surface area contributed by atoms with Gasteiger partial charge in [-0.3, -0.25) is 4.90 Å². The summed E-state index contributed by atoms with van der Waals surface area (Å²) in [6.45, 7) is 12.5. The van der Waals surface area contributed by atoms with Crippen LogP contribution in [0.15, 0.2) is 39.8 Å². The first-order valence-corrected chi connectivity index (χ1v) is 9.62. The highest BCUT2D eigenvalue weighted by molar-refractivity contribution is 14.0. The summed E-state index contributed by atoms with van der Waals surface area (Å²) >= 11 is 3.17. The molecule has 1 aliphatic rings. The van der Waals surface area contributed by atoms with Gasteiger partial charge in [-0.1, -0.05) is 18.2 Å². The van der Waals surface area contributed by atoms with Crippen LogP contribution in [0, 0.1) is 5.82 Å². The lowest BCUT2D eigenvalue weighted by Gasteiger charge is -2.33. The van der Waals surface area contributed by atoms with Crippen LogP contribution in [0.2, 0.25) is 0 Å². The molecule has 2 rings (SSSR count). The van der Waals surface area contributed by atoms with E-state index in [9.17, 15) is 4.39 Å². The van der Waals surface area contributed by atoms with Gasteiger partial charge in [0.1, 0.15) is 5.82 Å². The number of nitrogens with one attached hydrogen (secondary N) is 2. The van der Waals surface area contributed by atoms with Gasteiger partial charge in [-0.2, -0.15) is 0 Å². The topological polar surface area (TPSA) is 39.7 Å². The minimum atomic E-state index is -0.254. The van der Waals surface area contributed by atoms with Crippen molar-refractivity contribution in [3.8, 4) is 0 Å². The Hall–Kier alpha value is -0.670. The van der Waals surface area contributed by atoms with Gasteiger partial charge in [0.15, 0.2) is 5.96 Å². The molecule has 0 radical (unpaired) electrons. The first-order valence-electron chi connectivity index (χ1n) is 8.83. The fraction of sp³-hybridized carbons (Fsp3) is 0.526. The van der Waals surface area contributed by atoms with E-state index in [0.29, 0.717) is 17.1 Å². The van der Waals surface area contributed by atoms with Gasteiger partial charge < -0.3 is 10.6 Å². The average Bonchev–Trinajstić information content (AvgIpc) is 2.57. The van der Waals surface area contributed by atoms with Crippen LogP contribution in [0.5, 0.6) is 0 Å². The number of rotatable bonds is 6. The Kier molecular flexibility index (Phi) is 10.7. The highest BCUT2D eigenvalue weighted by atomic mass is 127. The molecule has 0 unspecified atom stereocenters. The van der Waals surface area contributed by atoms with Gasteiger partial charge in [-0.25, -0.2) is 9.38 Å². The molecule has 4 nitrogen and oxygen atoms in total. The molecule has 1 fully saturated rings. The van der Waals surface area contributed by atoms with E-state index in [1.54, 1.807) is 6.07 Å². The summed E-state index contributed by atoms with van der Waals surface area (Å²) in [5.74, 6) is 0.541. The van der Waals surface area contributed by atoms with Gasteiger partial charge in [0.05, 0.1) is 11.0 Å². The Labute approximate surface area is 181 Å². The minimum absolute atomic E-state index is 0. The van der Waals surface area contributed by atoms with Crippen LogP contribution < -0.4 is 10.6 Å². The second-order valence-corrected chi connectivity index (χ2v) is 7.45. The molecule has 1 saturated heterocycles. The first-order chi connectivity index (χ1) is 12.0. The van der Waals surface area contributed by atoms with E-state index in [1.165, 1.54) is 11.6 Å². The van der Waals surface area contributed by atoms with Crippen LogP contribution in [0.4, 0.5) is 4.39 Å². The molecule has 1 aliphatic heterocycles. The number of benzene rings is 1. The molecule has 0 bridgehead atoms. The maximum atomic E-state index is 13.6. The molecule has 0 aromatic heterocycles. The molecule has 1 aromatic carbocycles. The van der Waals surface area contributed by atoms with Crippen molar-refractivity contribution in [3.63, 3.8) is 0 Å². The van der Waals surface area contributed by atoms with Crippen LogP contribution in [-0.2, 0) is 6.54 Å². The van der Waals surface area contributed by atoms with Crippen LogP contribution in [0.3, 0.4) is 0 Å². The standard InChI is InChI=1S/C19H28BrFN4.HI/c1-4-22-19(23-12-15-5-6-17(20)18(21)11-15)24-16-7-9-25(10-8-16)13-14(2)3;/h5-6,11,16H,2,4,7-10,12-13H2,1,3H3,(H2,22,23,24);1H. The number of nitrogens with zero attached hydrogens (tertiary/aromatic N) is 2. The van der Waals surface area contributed by atoms with Crippen molar-refractivity contribution in [1.29, 1.82) is 0 Å². The minimum Gasteiger partial charge on any atom is -0.357 e. The Bertz CT molecular complexity index is 616. The average molecular weight is 539 g/mol. The van der Waals surface area contributed by atoms with Gasteiger partial charge in [0.25, 0.3) is 0 Å². The zero-order chi connectivity index (χ0) is 18.2. The molecular formula is C19H29BrFIN4. The SMILES string of the molecule is C=C(C)CN1CCC(NC(=NCc2ccc(Br)c(F)c2)NCC)CC1.I. The Morgan fingerprint density at radius 2 is 2.08 bits per heavy atom. The molecule has 26 heavy (non-hydrogen) atoms. The quantitative estimate of drug-likeness (QED) is 0.245. The molecule has 0 aliphatic carbocycles. The molecule has 7 heteroatoms. The van der Waals surface area contributed by atoms with E-state index < -0.39 is 0 Å². The van der Waals surface area contributed by atoms with Gasteiger partial charge in [0, 0.05) is 32.2 Å². The number of piperidine rings is 1. The van der Waals surface area contributed by atoms with Crippen LogP contribution in [-0.4, -0.2) is 43.1 Å². The van der Waals surface area contributed by atoms with Gasteiger partial charge >= 0.3 is 0 Å². The lowest BCUT2D eigenvalue weighted by atomic mass is 10.0. The molecule has 0 atom stereocenters. The first kappa shape index (κ1) is 23.4. The van der Waals surface area contributed by atoms with Crippen LogP contribution >= 0.6 is 39.9 Å². The Morgan fingerprint density at radius 3 is 2.65 bits per heavy atom. The number of guanidine groups is 1. The molecule has 0 spiro atoms. The van der Waals surface area contributed by atoms with Gasteiger partial charge in [-0.15, -0.1) is 24.0 Å². The molecule has 146 valence electrons. The third-order valence-electron chi connectivity index (χ3n) is 4.17. The van der Waals surface area contributed by atoms with Crippen molar-refractivity contribution >= 4 is 45.9 Å². The van der Waals surface area contributed by atoms with E-state index in [2.05, 4.69) is 50.0 Å². The zero-order valence-corrected chi connectivity index (χ0v) is 19.4. The van der Waals surface area contributed by atoms with Crippen molar-refractivity contribution in [3.05, 3.63) is 46.2 Å². The molecule has 1 heterocycles. The smallest absolute Gasteiger partial charge is 0.191 e. The second kappa shape index (κ2) is 11.9. The summed E-state index contributed by atoms with van der Waals surface area (Å²) in [6.07, 6.45) is 2.18. The Balaban J connectivity index is 0.00000338. The van der Waals surface area contributed by atoms with E-state index in [1.807, 2.05) is 13.0 Å². The van der Waals surface area contributed by atoms with E-state index in [0.717, 1.165) is 50.5 Å². The fourth-order valence-electron chi connectivity index (χ4n) is 2.94. The summed E-state index contributed by atoms with van der Waals surface area (Å²) in [5, 5.41) is 6.79. The number of halogens is 3. The molecule has 0 amide bonds. The Morgan fingerprint density at radius 1 is 1.38 bits per heavy atom. The van der Waals surface area contributed by atoms with Crippen molar-refractivity contribution in [2.24, 2.45) is 4.99 Å². The highest BCUT2D eigenvalue weighted by Gasteiger charge is 2.19. The molecule has 1 aromatic rings. The zero-order valence-electron chi connectivity index (χ0n) is 15.5. The van der Waals surface area contributed by atoms with Crippen molar-refractivity contribution in [2.45, 2.75) is 39.3 Å². The van der Waals surface area contributed by atoms with Crippen LogP contribution in [0.25, 0.3) is 0 Å². The van der Waals surface area contributed by atoms with Crippen LogP contribution in [0.1, 0.15) is 32.3 Å². The van der Waals surface area contributed by atoms with E-state index in [-0.39, 0.29) is 29.8 Å². The lowest BCUT2D eigenvalue weighted by Crippen LogP contribution is -2.48. The van der Waals surface area contributed by atoms with Gasteiger partial charge in [-0.05, 0) is 60.3 Å². The van der Waals surface area contributed by atoms with E-state index in [4.69, 9.17) is 0 Å². The third kappa shape index (κ3) is 7.92. The largest absolute Gasteiger partial charge is 0.357 e. The van der Waals surface area contributed by atoms with Crippen molar-refractivity contribution in [1.82, 2.24) is 15.5 Å². The van der Waals surface area contributed by atoms with E-state index >= 15 is 0 Å². The predicted molar refractivity (Wildman–Crippen MR) is 122 cm³/mol. The monoisotopic (exact) mass is 538 g/mol. The molecule has 2 N–H and O–H groups in total. The maximum absolute atomic E-state index is 13.6. The number of likely N-dealkylation sites (tertiary alicyclic amines) is 1. The highest BCUT2D eigenvalue weighted by Crippen LogP contribution is 2.17. The molecular weight excluding hydrogens is 510 g/mol. The van der Waals surface area contributed by atoms with Gasteiger partial charge in [0.2, 0.25) is 0 Å². The fourth-order valence-corrected chi connectivity index (χ4v) is 3.19. The summed E-state index contributed by atoms with van der Waals surface area (Å²) in [5.41, 5.74) is 2.07. The summed E-state index contributed by atoms with van der Waals surface area (Å²) in [4.78, 5) is 7.04. The van der Waals surface area contributed by atoms with Crippen molar-refractivity contribution < 1.29 is 4.39 Å². The normalized spacial score (nSPS) is 16.1. The summed E-state index contributed by atoms with van der Waals surface area (Å²) in [6, 6.07) is 5.54. The predicted octanol–water partition coefficient (Wildman–Crippen LogP) is 4.30. The van der Waals surface area contributed by atoms with Crippen molar-refractivity contribution in [2.75, 3.05) is 26.2 Å². The summed E-state index contributed by atoms with van der Waals surface area (Å²) < 4.78 is 14.1. The number of aliphatic imine (C=N–C) groups is 1. The number of hydrogen-bond donors (Lipinski definition) is 2. The second-order valence-electron chi connectivity index (χ2n) is 6.60. The lowest BCUT2D eigenvalue weighted by molar-refractivity contribution is 0.221. The number of hydrogen-bond acceptors (Lipinski definition) is 2. The molecule has 0 saturated carbocycles. The summed E-state index contributed by atoms with van der Waals surface area (Å²) in [7, 11) is 0. The maximum Gasteiger partial charge on any atom is 0.191 e. The third-order valence-corrected chi connectivity index (χ3v) is 4.81.